The lowest BCUT2D eigenvalue weighted by Crippen LogP contribution is -2.31. The number of nitrogens with zero attached hydrogens (tertiary/aromatic N) is 1. The Morgan fingerprint density at radius 2 is 2.15 bits per heavy atom. The van der Waals surface area contributed by atoms with Crippen molar-refractivity contribution in [3.63, 3.8) is 0 Å². The second-order valence-corrected chi connectivity index (χ2v) is 6.08. The van der Waals surface area contributed by atoms with Crippen LogP contribution in [0.5, 0.6) is 0 Å². The lowest BCUT2D eigenvalue weighted by atomic mass is 10.1. The molecule has 0 heterocycles. The van der Waals surface area contributed by atoms with E-state index in [1.54, 1.807) is 0 Å². The number of hydrogen-bond acceptors (Lipinski definition) is 2. The molecule has 1 aromatic rings. The van der Waals surface area contributed by atoms with E-state index in [-0.39, 0.29) is 6.42 Å². The summed E-state index contributed by atoms with van der Waals surface area (Å²) in [5, 5.41) is 8.74. The van der Waals surface area contributed by atoms with Crippen molar-refractivity contribution < 1.29 is 9.90 Å². The van der Waals surface area contributed by atoms with Crippen molar-refractivity contribution in [1.82, 2.24) is 4.90 Å². The van der Waals surface area contributed by atoms with Gasteiger partial charge in [0.25, 0.3) is 0 Å². The van der Waals surface area contributed by atoms with E-state index in [2.05, 4.69) is 43.0 Å². The first-order valence-electron chi connectivity index (χ1n) is 7.61. The van der Waals surface area contributed by atoms with Crippen LogP contribution in [-0.4, -0.2) is 28.6 Å². The Hall–Kier alpha value is -1.35. The van der Waals surface area contributed by atoms with Gasteiger partial charge < -0.3 is 5.11 Å². The highest BCUT2D eigenvalue weighted by molar-refractivity contribution is 5.66. The monoisotopic (exact) mass is 275 g/mol. The molecule has 1 saturated carbocycles. The zero-order valence-electron chi connectivity index (χ0n) is 12.5. The Bertz CT molecular complexity index is 452. The first-order valence-corrected chi connectivity index (χ1v) is 7.61. The molecule has 1 N–H and O–H groups in total. The quantitative estimate of drug-likeness (QED) is 0.787. The van der Waals surface area contributed by atoms with Gasteiger partial charge in [0, 0.05) is 19.0 Å². The van der Waals surface area contributed by atoms with Crippen molar-refractivity contribution in [2.75, 3.05) is 6.54 Å². The zero-order chi connectivity index (χ0) is 14.5. The minimum atomic E-state index is -0.704. The number of aliphatic carboxylic acids is 1. The fraction of sp³-hybridized carbons (Fsp3) is 0.588. The van der Waals surface area contributed by atoms with E-state index < -0.39 is 5.97 Å². The molecule has 110 valence electrons. The third kappa shape index (κ3) is 4.64. The van der Waals surface area contributed by atoms with Crippen LogP contribution in [0.3, 0.4) is 0 Å². The molecule has 1 aromatic carbocycles. The molecule has 1 fully saturated rings. The van der Waals surface area contributed by atoms with E-state index in [4.69, 9.17) is 5.11 Å². The van der Waals surface area contributed by atoms with Crippen LogP contribution in [0.4, 0.5) is 0 Å². The predicted molar refractivity (Wildman–Crippen MR) is 80.8 cm³/mol. The number of carboxylic acid groups (broad SMARTS) is 1. The third-order valence-electron chi connectivity index (χ3n) is 3.95. The van der Waals surface area contributed by atoms with Gasteiger partial charge in [0.05, 0.1) is 0 Å². The Balaban J connectivity index is 1.92. The first kappa shape index (κ1) is 15.0. The van der Waals surface area contributed by atoms with Crippen LogP contribution in [0.2, 0.25) is 0 Å². The number of rotatable bonds is 8. The maximum absolute atomic E-state index is 10.6. The molecule has 0 bridgehead atoms. The highest BCUT2D eigenvalue weighted by atomic mass is 16.4. The normalized spacial score (nSPS) is 15.0. The molecular formula is C17H25NO2. The van der Waals surface area contributed by atoms with Crippen LogP contribution in [0, 0.1) is 0 Å². The lowest BCUT2D eigenvalue weighted by Gasteiger charge is -2.26. The fourth-order valence-corrected chi connectivity index (χ4v) is 2.55. The maximum atomic E-state index is 10.6. The molecule has 3 heteroatoms. The maximum Gasteiger partial charge on any atom is 0.303 e. The number of benzene rings is 1. The lowest BCUT2D eigenvalue weighted by molar-refractivity contribution is -0.137. The standard InChI is InChI=1S/C17H25NO2/c1-13(2)18(10-4-7-17(19)20)12-14-5-3-6-16(11-14)15-8-9-15/h3,5-6,11,13,15H,4,7-10,12H2,1-2H3,(H,19,20). The molecule has 0 spiro atoms. The molecule has 2 rings (SSSR count). The molecular weight excluding hydrogens is 250 g/mol. The number of hydrogen-bond donors (Lipinski definition) is 1. The van der Waals surface area contributed by atoms with Gasteiger partial charge in [-0.3, -0.25) is 9.69 Å². The average molecular weight is 275 g/mol. The predicted octanol–water partition coefficient (Wildman–Crippen LogP) is 3.64. The largest absolute Gasteiger partial charge is 0.481 e. The van der Waals surface area contributed by atoms with E-state index >= 15 is 0 Å². The van der Waals surface area contributed by atoms with Crippen molar-refractivity contribution in [3.8, 4) is 0 Å². The van der Waals surface area contributed by atoms with Crippen LogP contribution in [0.25, 0.3) is 0 Å². The van der Waals surface area contributed by atoms with Gasteiger partial charge in [-0.2, -0.15) is 0 Å². The summed E-state index contributed by atoms with van der Waals surface area (Å²) in [6.45, 7) is 6.10. The summed E-state index contributed by atoms with van der Waals surface area (Å²) in [5.41, 5.74) is 2.81. The van der Waals surface area contributed by atoms with Crippen molar-refractivity contribution in [1.29, 1.82) is 0 Å². The van der Waals surface area contributed by atoms with Gasteiger partial charge in [-0.1, -0.05) is 24.3 Å². The second-order valence-electron chi connectivity index (χ2n) is 6.08. The van der Waals surface area contributed by atoms with Crippen molar-refractivity contribution in [2.24, 2.45) is 0 Å². The minimum Gasteiger partial charge on any atom is -0.481 e. The third-order valence-corrected chi connectivity index (χ3v) is 3.95. The Labute approximate surface area is 121 Å². The summed E-state index contributed by atoms with van der Waals surface area (Å²) in [6, 6.07) is 9.32. The summed E-state index contributed by atoms with van der Waals surface area (Å²) in [4.78, 5) is 13.0. The highest BCUT2D eigenvalue weighted by Crippen LogP contribution is 2.40. The topological polar surface area (TPSA) is 40.5 Å². The average Bonchev–Trinajstić information content (AvgIpc) is 3.21. The summed E-state index contributed by atoms with van der Waals surface area (Å²) in [5.74, 6) is 0.0823. The minimum absolute atomic E-state index is 0.255. The van der Waals surface area contributed by atoms with Crippen molar-refractivity contribution in [3.05, 3.63) is 35.4 Å². The van der Waals surface area contributed by atoms with Gasteiger partial charge in [0.15, 0.2) is 0 Å². The Morgan fingerprint density at radius 3 is 2.75 bits per heavy atom. The molecule has 0 unspecified atom stereocenters. The molecule has 0 radical (unpaired) electrons. The van der Waals surface area contributed by atoms with Crippen LogP contribution in [-0.2, 0) is 11.3 Å². The van der Waals surface area contributed by atoms with Crippen LogP contribution in [0.15, 0.2) is 24.3 Å². The Kier molecular flexibility index (Phi) is 5.18. The van der Waals surface area contributed by atoms with Gasteiger partial charge in [0.1, 0.15) is 0 Å². The highest BCUT2D eigenvalue weighted by Gasteiger charge is 2.23. The summed E-state index contributed by atoms with van der Waals surface area (Å²) in [6.07, 6.45) is 3.63. The van der Waals surface area contributed by atoms with Gasteiger partial charge in [-0.15, -0.1) is 0 Å². The molecule has 0 aliphatic heterocycles. The summed E-state index contributed by atoms with van der Waals surface area (Å²) >= 11 is 0. The molecule has 20 heavy (non-hydrogen) atoms. The van der Waals surface area contributed by atoms with E-state index in [0.717, 1.165) is 25.4 Å². The molecule has 3 nitrogen and oxygen atoms in total. The first-order chi connectivity index (χ1) is 9.56. The van der Waals surface area contributed by atoms with Crippen LogP contribution >= 0.6 is 0 Å². The summed E-state index contributed by atoms with van der Waals surface area (Å²) < 4.78 is 0. The van der Waals surface area contributed by atoms with Crippen LogP contribution < -0.4 is 0 Å². The molecule has 0 aromatic heterocycles. The summed E-state index contributed by atoms with van der Waals surface area (Å²) in [7, 11) is 0. The molecule has 0 amide bonds. The number of carboxylic acids is 1. The van der Waals surface area contributed by atoms with Crippen molar-refractivity contribution in [2.45, 2.75) is 58.0 Å². The van der Waals surface area contributed by atoms with Crippen LogP contribution in [0.1, 0.15) is 56.6 Å². The fourth-order valence-electron chi connectivity index (χ4n) is 2.55. The molecule has 0 atom stereocenters. The number of carbonyl (C=O) groups is 1. The van der Waals surface area contributed by atoms with Gasteiger partial charge in [-0.05, 0) is 56.7 Å². The van der Waals surface area contributed by atoms with E-state index in [9.17, 15) is 4.79 Å². The molecule has 1 aliphatic rings. The second kappa shape index (κ2) is 6.89. The smallest absolute Gasteiger partial charge is 0.303 e. The van der Waals surface area contributed by atoms with Gasteiger partial charge in [0.2, 0.25) is 0 Å². The molecule has 1 aliphatic carbocycles. The molecule has 0 saturated heterocycles. The SMILES string of the molecule is CC(C)N(CCCC(=O)O)Cc1cccc(C2CC2)c1. The zero-order valence-corrected chi connectivity index (χ0v) is 12.5. The van der Waals surface area contributed by atoms with E-state index in [1.165, 1.54) is 24.0 Å². The van der Waals surface area contributed by atoms with Crippen molar-refractivity contribution >= 4 is 5.97 Å². The van der Waals surface area contributed by atoms with Gasteiger partial charge in [-0.25, -0.2) is 0 Å². The van der Waals surface area contributed by atoms with E-state index in [0.29, 0.717) is 6.04 Å². The van der Waals surface area contributed by atoms with E-state index in [1.807, 2.05) is 0 Å². The Morgan fingerprint density at radius 1 is 1.40 bits per heavy atom. The van der Waals surface area contributed by atoms with Gasteiger partial charge >= 0.3 is 5.97 Å².